The van der Waals surface area contributed by atoms with E-state index in [1.165, 1.54) is 5.56 Å². The average Bonchev–Trinajstić information content (AvgIpc) is 3.32. The third-order valence-corrected chi connectivity index (χ3v) is 6.06. The van der Waals surface area contributed by atoms with Crippen LogP contribution in [0.2, 0.25) is 0 Å². The van der Waals surface area contributed by atoms with Gasteiger partial charge in [0.25, 0.3) is 0 Å². The van der Waals surface area contributed by atoms with Crippen molar-refractivity contribution in [3.05, 3.63) is 71.3 Å². The number of rotatable bonds is 9. The third kappa shape index (κ3) is 4.43. The smallest absolute Gasteiger partial charge is 0.335 e. The second kappa shape index (κ2) is 8.86. The van der Waals surface area contributed by atoms with Crippen molar-refractivity contribution in [2.75, 3.05) is 6.54 Å². The molecular weight excluding hydrogens is 354 g/mol. The van der Waals surface area contributed by atoms with Crippen molar-refractivity contribution in [2.45, 2.75) is 44.5 Å². The van der Waals surface area contributed by atoms with E-state index in [1.54, 1.807) is 12.1 Å². The van der Waals surface area contributed by atoms with E-state index in [2.05, 4.69) is 17.6 Å². The molecule has 0 aliphatic carbocycles. The molecule has 0 aromatic heterocycles. The number of aromatic carboxylic acids is 1. The highest BCUT2D eigenvalue weighted by Gasteiger charge is 2.48. The fourth-order valence-electron chi connectivity index (χ4n) is 4.56. The van der Waals surface area contributed by atoms with Gasteiger partial charge in [-0.15, -0.1) is 0 Å². The second-order valence-electron chi connectivity index (χ2n) is 7.78. The summed E-state index contributed by atoms with van der Waals surface area (Å²) in [6.45, 7) is 1.36. The number of ether oxygens (including phenoxy) is 1. The van der Waals surface area contributed by atoms with Crippen LogP contribution in [0.4, 0.5) is 0 Å². The van der Waals surface area contributed by atoms with Crippen LogP contribution in [0.15, 0.2) is 54.6 Å². The first-order chi connectivity index (χ1) is 13.7. The fraction of sp³-hybridized carbons (Fsp3) is 0.435. The van der Waals surface area contributed by atoms with Gasteiger partial charge in [-0.25, -0.2) is 10.3 Å². The largest absolute Gasteiger partial charge is 0.478 e. The number of aryl methyl sites for hydroxylation is 1. The molecule has 5 nitrogen and oxygen atoms in total. The van der Waals surface area contributed by atoms with Crippen molar-refractivity contribution >= 4 is 5.97 Å². The lowest BCUT2D eigenvalue weighted by molar-refractivity contribution is 0.00846. The van der Waals surface area contributed by atoms with Gasteiger partial charge >= 0.3 is 5.97 Å². The SMILES string of the molecule is O=C(O)c1ccc(CC[C@@H]2[C@@H](CNOCc3ccccc3)[C@@H]3CC[C@H]2O3)cc1. The van der Waals surface area contributed by atoms with E-state index in [1.807, 2.05) is 30.3 Å². The highest BCUT2D eigenvalue weighted by molar-refractivity contribution is 5.87. The molecule has 0 unspecified atom stereocenters. The molecule has 0 radical (unpaired) electrons. The summed E-state index contributed by atoms with van der Waals surface area (Å²) in [6.07, 6.45) is 4.96. The van der Waals surface area contributed by atoms with Gasteiger partial charge in [0, 0.05) is 12.5 Å². The molecule has 2 aromatic carbocycles. The standard InChI is InChI=1S/C23H27NO4/c25-23(26)18-9-6-16(7-10-18)8-11-19-20(22-13-12-21(19)28-22)14-24-27-15-17-4-2-1-3-5-17/h1-7,9-10,19-22,24H,8,11-15H2,(H,25,26)/t19-,20-,21-,22+/m1/s1. The van der Waals surface area contributed by atoms with E-state index in [0.29, 0.717) is 36.2 Å². The molecule has 2 N–H and O–H groups in total. The molecule has 5 heteroatoms. The Labute approximate surface area is 165 Å². The van der Waals surface area contributed by atoms with Crippen molar-refractivity contribution in [1.82, 2.24) is 5.48 Å². The maximum Gasteiger partial charge on any atom is 0.335 e. The summed E-state index contributed by atoms with van der Waals surface area (Å²) in [5.41, 5.74) is 5.83. The first-order valence-electron chi connectivity index (χ1n) is 10.1. The minimum Gasteiger partial charge on any atom is -0.478 e. The minimum atomic E-state index is -0.880. The van der Waals surface area contributed by atoms with Crippen LogP contribution in [-0.2, 0) is 22.6 Å². The van der Waals surface area contributed by atoms with Crippen molar-refractivity contribution < 1.29 is 19.5 Å². The summed E-state index contributed by atoms with van der Waals surface area (Å²) in [5.74, 6) is 0.105. The molecule has 2 aliphatic rings. The molecule has 0 amide bonds. The molecule has 2 heterocycles. The lowest BCUT2D eigenvalue weighted by atomic mass is 9.76. The summed E-state index contributed by atoms with van der Waals surface area (Å²) in [4.78, 5) is 16.7. The first kappa shape index (κ1) is 19.1. The van der Waals surface area contributed by atoms with Gasteiger partial charge in [-0.2, -0.15) is 0 Å². The zero-order valence-corrected chi connectivity index (χ0v) is 15.9. The highest BCUT2D eigenvalue weighted by atomic mass is 16.6. The Bertz CT molecular complexity index is 777. The van der Waals surface area contributed by atoms with Crippen LogP contribution in [0.3, 0.4) is 0 Å². The Balaban J connectivity index is 1.27. The lowest BCUT2D eigenvalue weighted by Crippen LogP contribution is -2.36. The maximum absolute atomic E-state index is 11.0. The molecule has 2 aliphatic heterocycles. The van der Waals surface area contributed by atoms with Gasteiger partial charge in [-0.1, -0.05) is 42.5 Å². The summed E-state index contributed by atoms with van der Waals surface area (Å²) < 4.78 is 6.18. The molecule has 4 rings (SSSR count). The Kier molecular flexibility index (Phi) is 6.05. The molecule has 2 bridgehead atoms. The van der Waals surface area contributed by atoms with E-state index in [0.717, 1.165) is 37.8 Å². The number of hydrogen-bond acceptors (Lipinski definition) is 4. The van der Waals surface area contributed by atoms with Gasteiger partial charge in [0.2, 0.25) is 0 Å². The van der Waals surface area contributed by atoms with E-state index in [4.69, 9.17) is 14.7 Å². The first-order valence-corrected chi connectivity index (χ1v) is 10.1. The Morgan fingerprint density at radius 3 is 2.43 bits per heavy atom. The van der Waals surface area contributed by atoms with Crippen molar-refractivity contribution in [2.24, 2.45) is 11.8 Å². The zero-order valence-electron chi connectivity index (χ0n) is 15.9. The molecule has 148 valence electrons. The average molecular weight is 381 g/mol. The minimum absolute atomic E-state index is 0.331. The monoisotopic (exact) mass is 381 g/mol. The van der Waals surface area contributed by atoms with Crippen LogP contribution in [0.5, 0.6) is 0 Å². The number of carboxylic acid groups (broad SMARTS) is 1. The molecule has 0 spiro atoms. The van der Waals surface area contributed by atoms with Crippen LogP contribution in [-0.4, -0.2) is 29.8 Å². The molecule has 4 atom stereocenters. The molecule has 2 fully saturated rings. The van der Waals surface area contributed by atoms with Crippen molar-refractivity contribution in [3.63, 3.8) is 0 Å². The number of hydroxylamine groups is 1. The number of carbonyl (C=O) groups is 1. The molecule has 28 heavy (non-hydrogen) atoms. The molecule has 2 aromatic rings. The molecular formula is C23H27NO4. The van der Waals surface area contributed by atoms with Gasteiger partial charge in [0.1, 0.15) is 0 Å². The predicted molar refractivity (Wildman–Crippen MR) is 106 cm³/mol. The Hall–Kier alpha value is -2.21. The quantitative estimate of drug-likeness (QED) is 0.510. The molecule has 0 saturated carbocycles. The summed E-state index contributed by atoms with van der Waals surface area (Å²) in [7, 11) is 0. The number of nitrogens with one attached hydrogen (secondary N) is 1. The zero-order chi connectivity index (χ0) is 19.3. The molecule has 2 saturated heterocycles. The number of hydrogen-bond donors (Lipinski definition) is 2. The maximum atomic E-state index is 11.0. The Morgan fingerprint density at radius 2 is 1.71 bits per heavy atom. The number of benzene rings is 2. The van der Waals surface area contributed by atoms with Gasteiger partial charge in [0.15, 0.2) is 0 Å². The van der Waals surface area contributed by atoms with Crippen LogP contribution in [0, 0.1) is 11.8 Å². The van der Waals surface area contributed by atoms with Crippen molar-refractivity contribution in [1.29, 1.82) is 0 Å². The van der Waals surface area contributed by atoms with Crippen LogP contribution >= 0.6 is 0 Å². The summed E-state index contributed by atoms with van der Waals surface area (Å²) in [5, 5.41) is 9.02. The normalized spacial score (nSPS) is 25.9. The topological polar surface area (TPSA) is 67.8 Å². The van der Waals surface area contributed by atoms with Gasteiger partial charge in [-0.05, 0) is 54.9 Å². The van der Waals surface area contributed by atoms with Crippen LogP contribution < -0.4 is 5.48 Å². The van der Waals surface area contributed by atoms with Gasteiger partial charge in [-0.3, -0.25) is 4.84 Å². The highest BCUT2D eigenvalue weighted by Crippen LogP contribution is 2.45. The predicted octanol–water partition coefficient (Wildman–Crippen LogP) is 3.83. The summed E-state index contributed by atoms with van der Waals surface area (Å²) in [6, 6.07) is 17.4. The van der Waals surface area contributed by atoms with Gasteiger partial charge in [0.05, 0.1) is 24.4 Å². The van der Waals surface area contributed by atoms with E-state index in [-0.39, 0.29) is 0 Å². The van der Waals surface area contributed by atoms with Crippen molar-refractivity contribution in [3.8, 4) is 0 Å². The van der Waals surface area contributed by atoms with E-state index in [9.17, 15) is 4.79 Å². The van der Waals surface area contributed by atoms with E-state index >= 15 is 0 Å². The third-order valence-electron chi connectivity index (χ3n) is 6.06. The van der Waals surface area contributed by atoms with Crippen LogP contribution in [0.1, 0.15) is 40.7 Å². The van der Waals surface area contributed by atoms with Crippen LogP contribution in [0.25, 0.3) is 0 Å². The second-order valence-corrected chi connectivity index (χ2v) is 7.78. The lowest BCUT2D eigenvalue weighted by Gasteiger charge is -2.28. The fourth-order valence-corrected chi connectivity index (χ4v) is 4.56. The summed E-state index contributed by atoms with van der Waals surface area (Å²) >= 11 is 0. The number of carboxylic acids is 1. The van der Waals surface area contributed by atoms with Gasteiger partial charge < -0.3 is 9.84 Å². The number of fused-ring (bicyclic) bond motifs is 2. The van der Waals surface area contributed by atoms with E-state index < -0.39 is 5.97 Å². The Morgan fingerprint density at radius 1 is 1.00 bits per heavy atom.